The Bertz CT molecular complexity index is 853. The van der Waals surface area contributed by atoms with E-state index in [1.54, 1.807) is 17.9 Å². The molecule has 1 saturated heterocycles. The van der Waals surface area contributed by atoms with Crippen LogP contribution >= 0.6 is 0 Å². The predicted octanol–water partition coefficient (Wildman–Crippen LogP) is 2.69. The van der Waals surface area contributed by atoms with Crippen LogP contribution in [-0.2, 0) is 9.59 Å². The van der Waals surface area contributed by atoms with Gasteiger partial charge in [0.15, 0.2) is 0 Å². The van der Waals surface area contributed by atoms with Gasteiger partial charge in [0.25, 0.3) is 0 Å². The molecule has 0 radical (unpaired) electrons. The summed E-state index contributed by atoms with van der Waals surface area (Å²) >= 11 is 0. The second-order valence-electron chi connectivity index (χ2n) is 7.07. The van der Waals surface area contributed by atoms with E-state index in [2.05, 4.69) is 5.32 Å². The third kappa shape index (κ3) is 3.92. The summed E-state index contributed by atoms with van der Waals surface area (Å²) < 4.78 is 13.5. The molecule has 0 aromatic heterocycles. The molecule has 3 rings (SSSR count). The van der Waals surface area contributed by atoms with Crippen LogP contribution in [0, 0.1) is 5.82 Å². The molecule has 0 aliphatic carbocycles. The van der Waals surface area contributed by atoms with Gasteiger partial charge in [-0.15, -0.1) is 0 Å². The van der Waals surface area contributed by atoms with Crippen LogP contribution in [-0.4, -0.2) is 47.1 Å². The van der Waals surface area contributed by atoms with Gasteiger partial charge in [0.2, 0.25) is 11.8 Å². The minimum absolute atomic E-state index is 0.0398. The average molecular weight is 384 g/mol. The van der Waals surface area contributed by atoms with Crippen molar-refractivity contribution in [2.24, 2.45) is 0 Å². The third-order valence-corrected chi connectivity index (χ3v) is 5.33. The van der Waals surface area contributed by atoms with Gasteiger partial charge >= 0.3 is 0 Å². The monoisotopic (exact) mass is 384 g/mol. The molecule has 28 heavy (non-hydrogen) atoms. The van der Waals surface area contributed by atoms with E-state index in [1.807, 2.05) is 30.3 Å². The largest absolute Gasteiger partial charge is 0.394 e. The number of likely N-dealkylation sites (tertiary alicyclic amines) is 1. The maximum Gasteiger partial charge on any atom is 0.222 e. The molecule has 0 saturated carbocycles. The topological polar surface area (TPSA) is 69.6 Å². The van der Waals surface area contributed by atoms with Crippen molar-refractivity contribution in [2.75, 3.05) is 13.2 Å². The van der Waals surface area contributed by atoms with Crippen LogP contribution in [0.4, 0.5) is 4.39 Å². The molecule has 2 aromatic rings. The van der Waals surface area contributed by atoms with Gasteiger partial charge in [0.1, 0.15) is 5.82 Å². The fourth-order valence-corrected chi connectivity index (χ4v) is 3.98. The predicted molar refractivity (Wildman–Crippen MR) is 105 cm³/mol. The molecule has 3 atom stereocenters. The molecule has 2 aromatic carbocycles. The summed E-state index contributed by atoms with van der Waals surface area (Å²) in [4.78, 5) is 25.4. The summed E-state index contributed by atoms with van der Waals surface area (Å²) in [5, 5.41) is 12.7. The Morgan fingerprint density at radius 2 is 1.82 bits per heavy atom. The maximum atomic E-state index is 13.5. The van der Waals surface area contributed by atoms with Gasteiger partial charge in [-0.3, -0.25) is 9.59 Å². The van der Waals surface area contributed by atoms with Gasteiger partial charge in [-0.1, -0.05) is 43.3 Å². The highest BCUT2D eigenvalue weighted by molar-refractivity contribution is 5.79. The standard InChI is InChI=1S/C22H25FN2O3/c1-3-21(28)25-19(12-24-14(2)27)22(20(25)13-26)16-9-7-15(8-10-16)17-5-4-6-18(23)11-17/h4-11,19-20,22,26H,3,12-13H2,1-2H3,(H,24,27)/t19-,20+,22+/m0/s1. The number of benzene rings is 2. The number of rotatable bonds is 6. The first kappa shape index (κ1) is 20.0. The third-order valence-electron chi connectivity index (χ3n) is 5.33. The number of nitrogens with zero attached hydrogens (tertiary/aromatic N) is 1. The van der Waals surface area contributed by atoms with Crippen LogP contribution in [0.3, 0.4) is 0 Å². The van der Waals surface area contributed by atoms with Crippen molar-refractivity contribution in [2.45, 2.75) is 38.3 Å². The Labute approximate surface area is 164 Å². The molecule has 2 N–H and O–H groups in total. The van der Waals surface area contributed by atoms with Crippen LogP contribution < -0.4 is 5.32 Å². The minimum atomic E-state index is -0.314. The molecule has 1 fully saturated rings. The number of amides is 2. The SMILES string of the molecule is CCC(=O)N1[C@H](CO)[C@H](c2ccc(-c3cccc(F)c3)cc2)[C@@H]1CNC(C)=O. The highest BCUT2D eigenvalue weighted by atomic mass is 19.1. The van der Waals surface area contributed by atoms with E-state index in [1.165, 1.54) is 19.1 Å². The summed E-state index contributed by atoms with van der Waals surface area (Å²) in [5.41, 5.74) is 2.66. The molecule has 1 heterocycles. The van der Waals surface area contributed by atoms with E-state index < -0.39 is 0 Å². The number of hydrogen-bond acceptors (Lipinski definition) is 3. The smallest absolute Gasteiger partial charge is 0.222 e. The van der Waals surface area contributed by atoms with Crippen molar-refractivity contribution >= 4 is 11.8 Å². The molecule has 0 spiro atoms. The zero-order valence-corrected chi connectivity index (χ0v) is 16.1. The summed E-state index contributed by atoms with van der Waals surface area (Å²) in [5.74, 6) is -0.558. The van der Waals surface area contributed by atoms with E-state index in [9.17, 15) is 19.1 Å². The molecule has 1 aliphatic heterocycles. The van der Waals surface area contributed by atoms with Crippen molar-refractivity contribution in [3.05, 3.63) is 59.9 Å². The van der Waals surface area contributed by atoms with Gasteiger partial charge < -0.3 is 15.3 Å². The van der Waals surface area contributed by atoms with Crippen LogP contribution in [0.15, 0.2) is 48.5 Å². The molecular weight excluding hydrogens is 359 g/mol. The second kappa shape index (κ2) is 8.52. The quantitative estimate of drug-likeness (QED) is 0.805. The minimum Gasteiger partial charge on any atom is -0.394 e. The first-order valence-electron chi connectivity index (χ1n) is 9.48. The Kier molecular flexibility index (Phi) is 6.09. The zero-order chi connectivity index (χ0) is 20.3. The van der Waals surface area contributed by atoms with Crippen LogP contribution in [0.25, 0.3) is 11.1 Å². The average Bonchev–Trinajstić information content (AvgIpc) is 2.67. The molecule has 0 bridgehead atoms. The van der Waals surface area contributed by atoms with Crippen LogP contribution in [0.1, 0.15) is 31.7 Å². The van der Waals surface area contributed by atoms with Gasteiger partial charge in [0.05, 0.1) is 18.7 Å². The van der Waals surface area contributed by atoms with E-state index >= 15 is 0 Å². The van der Waals surface area contributed by atoms with Crippen molar-refractivity contribution in [3.8, 4) is 11.1 Å². The summed E-state index contributed by atoms with van der Waals surface area (Å²) in [6, 6.07) is 13.6. The van der Waals surface area contributed by atoms with Crippen molar-refractivity contribution in [1.82, 2.24) is 10.2 Å². The molecule has 148 valence electrons. The molecule has 6 heteroatoms. The first-order valence-corrected chi connectivity index (χ1v) is 9.48. The Morgan fingerprint density at radius 1 is 1.11 bits per heavy atom. The summed E-state index contributed by atoms with van der Waals surface area (Å²) in [7, 11) is 0. The number of aliphatic hydroxyl groups is 1. The lowest BCUT2D eigenvalue weighted by atomic mass is 9.74. The lowest BCUT2D eigenvalue weighted by Gasteiger charge is -2.55. The van der Waals surface area contributed by atoms with E-state index in [4.69, 9.17) is 0 Å². The van der Waals surface area contributed by atoms with Gasteiger partial charge in [-0.2, -0.15) is 0 Å². The normalized spacial score (nSPS) is 21.1. The Morgan fingerprint density at radius 3 is 2.39 bits per heavy atom. The Hall–Kier alpha value is -2.73. The van der Waals surface area contributed by atoms with Gasteiger partial charge in [-0.05, 0) is 28.8 Å². The second-order valence-corrected chi connectivity index (χ2v) is 7.07. The van der Waals surface area contributed by atoms with Crippen LogP contribution in [0.2, 0.25) is 0 Å². The maximum absolute atomic E-state index is 13.5. The van der Waals surface area contributed by atoms with Crippen LogP contribution in [0.5, 0.6) is 0 Å². The fraction of sp³-hybridized carbons (Fsp3) is 0.364. The molecule has 5 nitrogen and oxygen atoms in total. The number of hydrogen-bond donors (Lipinski definition) is 2. The van der Waals surface area contributed by atoms with Gasteiger partial charge in [0, 0.05) is 25.8 Å². The molecule has 1 aliphatic rings. The molecular formula is C22H25FN2O3. The highest BCUT2D eigenvalue weighted by Crippen LogP contribution is 2.41. The number of carbonyl (C=O) groups excluding carboxylic acids is 2. The van der Waals surface area contributed by atoms with E-state index in [0.29, 0.717) is 13.0 Å². The first-order chi connectivity index (χ1) is 13.5. The van der Waals surface area contributed by atoms with E-state index in [-0.39, 0.29) is 42.2 Å². The number of halogens is 1. The lowest BCUT2D eigenvalue weighted by Crippen LogP contribution is -2.68. The lowest BCUT2D eigenvalue weighted by molar-refractivity contribution is -0.150. The number of aliphatic hydroxyl groups excluding tert-OH is 1. The summed E-state index contributed by atoms with van der Waals surface area (Å²) in [6.45, 7) is 3.43. The van der Waals surface area contributed by atoms with E-state index in [0.717, 1.165) is 16.7 Å². The molecule has 0 unspecified atom stereocenters. The summed E-state index contributed by atoms with van der Waals surface area (Å²) in [6.07, 6.45) is 0.346. The van der Waals surface area contributed by atoms with Crippen molar-refractivity contribution < 1.29 is 19.1 Å². The Balaban J connectivity index is 1.86. The molecule has 2 amide bonds. The van der Waals surface area contributed by atoms with Crippen molar-refractivity contribution in [1.29, 1.82) is 0 Å². The number of nitrogens with one attached hydrogen (secondary N) is 1. The number of carbonyl (C=O) groups is 2. The highest BCUT2D eigenvalue weighted by Gasteiger charge is 2.50. The fourth-order valence-electron chi connectivity index (χ4n) is 3.98. The zero-order valence-electron chi connectivity index (χ0n) is 16.1. The van der Waals surface area contributed by atoms with Gasteiger partial charge in [-0.25, -0.2) is 4.39 Å². The van der Waals surface area contributed by atoms with Crippen molar-refractivity contribution in [3.63, 3.8) is 0 Å².